The summed E-state index contributed by atoms with van der Waals surface area (Å²) < 4.78 is 1.21. The second kappa shape index (κ2) is 5.47. The van der Waals surface area contributed by atoms with E-state index < -0.39 is 0 Å². The fraction of sp³-hybridized carbons (Fsp3) is 0.727. The third kappa shape index (κ3) is 2.76. The summed E-state index contributed by atoms with van der Waals surface area (Å²) in [4.78, 5) is 9.49. The highest BCUT2D eigenvalue weighted by atomic mass is 79.9. The number of likely N-dealkylation sites (N-methyl/N-ethyl adjacent to an activating group) is 1. The summed E-state index contributed by atoms with van der Waals surface area (Å²) >= 11 is 5.39. The molecule has 5 heteroatoms. The van der Waals surface area contributed by atoms with Crippen LogP contribution in [0, 0.1) is 0 Å². The smallest absolute Gasteiger partial charge is 0.186 e. The van der Waals surface area contributed by atoms with Gasteiger partial charge in [-0.3, -0.25) is 0 Å². The fourth-order valence-corrected chi connectivity index (χ4v) is 3.46. The summed E-state index contributed by atoms with van der Waals surface area (Å²) in [5, 5.41) is 1.18. The van der Waals surface area contributed by atoms with Crippen LogP contribution in [0.5, 0.6) is 0 Å². The Kier molecular flexibility index (Phi) is 4.21. The number of nitrogens with zero attached hydrogens (tertiary/aromatic N) is 3. The molecule has 2 rings (SSSR count). The van der Waals surface area contributed by atoms with Crippen LogP contribution in [0.4, 0.5) is 5.13 Å². The second-order valence-corrected chi connectivity index (χ2v) is 6.55. The van der Waals surface area contributed by atoms with Gasteiger partial charge in [0.05, 0.1) is 9.48 Å². The van der Waals surface area contributed by atoms with Crippen molar-refractivity contribution in [2.75, 3.05) is 38.1 Å². The van der Waals surface area contributed by atoms with E-state index in [9.17, 15) is 0 Å². The molecule has 0 N–H and O–H groups in total. The summed E-state index contributed by atoms with van der Waals surface area (Å²) in [6, 6.07) is 0. The van der Waals surface area contributed by atoms with E-state index >= 15 is 0 Å². The van der Waals surface area contributed by atoms with Crippen molar-refractivity contribution in [1.82, 2.24) is 9.88 Å². The zero-order valence-corrected chi connectivity index (χ0v) is 12.3. The predicted octanol–water partition coefficient (Wildman–Crippen LogP) is 2.61. The van der Waals surface area contributed by atoms with Gasteiger partial charge >= 0.3 is 0 Å². The Morgan fingerprint density at radius 3 is 2.62 bits per heavy atom. The first-order valence-corrected chi connectivity index (χ1v) is 7.40. The fourth-order valence-electron chi connectivity index (χ4n) is 1.85. The SMILES string of the molecule is CCCc1nc(N2CCN(C)CC2)sc1Br. The normalized spacial score (nSPS) is 18.1. The summed E-state index contributed by atoms with van der Waals surface area (Å²) in [5.74, 6) is 0. The van der Waals surface area contributed by atoms with E-state index in [4.69, 9.17) is 4.98 Å². The van der Waals surface area contributed by atoms with Crippen molar-refractivity contribution in [3.63, 3.8) is 0 Å². The summed E-state index contributed by atoms with van der Waals surface area (Å²) in [6.07, 6.45) is 2.23. The Morgan fingerprint density at radius 2 is 2.00 bits per heavy atom. The lowest BCUT2D eigenvalue weighted by molar-refractivity contribution is 0.312. The molecular weight excluding hydrogens is 286 g/mol. The quantitative estimate of drug-likeness (QED) is 0.856. The van der Waals surface area contributed by atoms with Gasteiger partial charge in [0.1, 0.15) is 0 Å². The lowest BCUT2D eigenvalue weighted by atomic mass is 10.3. The standard InChI is InChI=1S/C11H18BrN3S/c1-3-4-9-10(12)16-11(13-9)15-7-5-14(2)6-8-15/h3-8H2,1-2H3. The highest BCUT2D eigenvalue weighted by Crippen LogP contribution is 2.32. The maximum Gasteiger partial charge on any atom is 0.186 e. The van der Waals surface area contributed by atoms with Gasteiger partial charge in [0.2, 0.25) is 0 Å². The topological polar surface area (TPSA) is 19.4 Å². The average molecular weight is 304 g/mol. The monoisotopic (exact) mass is 303 g/mol. The maximum absolute atomic E-state index is 4.73. The largest absolute Gasteiger partial charge is 0.345 e. The van der Waals surface area contributed by atoms with Crippen LogP contribution in [0.25, 0.3) is 0 Å². The third-order valence-electron chi connectivity index (χ3n) is 2.90. The van der Waals surface area contributed by atoms with Crippen molar-refractivity contribution in [2.24, 2.45) is 0 Å². The van der Waals surface area contributed by atoms with Gasteiger partial charge in [0, 0.05) is 26.2 Å². The molecule has 0 aromatic carbocycles. The van der Waals surface area contributed by atoms with Crippen LogP contribution < -0.4 is 4.90 Å². The molecule has 0 amide bonds. The van der Waals surface area contributed by atoms with E-state index in [1.165, 1.54) is 14.6 Å². The Hall–Kier alpha value is -0.130. The van der Waals surface area contributed by atoms with Gasteiger partial charge < -0.3 is 9.80 Å². The van der Waals surface area contributed by atoms with E-state index in [-0.39, 0.29) is 0 Å². The van der Waals surface area contributed by atoms with Gasteiger partial charge in [-0.2, -0.15) is 0 Å². The molecule has 0 aliphatic carbocycles. The number of aromatic nitrogens is 1. The summed E-state index contributed by atoms with van der Waals surface area (Å²) in [6.45, 7) is 6.67. The van der Waals surface area contributed by atoms with Crippen molar-refractivity contribution < 1.29 is 0 Å². The van der Waals surface area contributed by atoms with E-state index in [0.29, 0.717) is 0 Å². The van der Waals surface area contributed by atoms with E-state index in [1.807, 2.05) is 0 Å². The van der Waals surface area contributed by atoms with Crippen molar-refractivity contribution in [3.8, 4) is 0 Å². The lowest BCUT2D eigenvalue weighted by Gasteiger charge is -2.32. The first-order valence-electron chi connectivity index (χ1n) is 5.79. The van der Waals surface area contributed by atoms with Crippen LogP contribution in [0.2, 0.25) is 0 Å². The molecule has 0 atom stereocenters. The van der Waals surface area contributed by atoms with Gasteiger partial charge in [-0.1, -0.05) is 24.7 Å². The first-order chi connectivity index (χ1) is 7.70. The van der Waals surface area contributed by atoms with Crippen LogP contribution in [0.1, 0.15) is 19.0 Å². The molecule has 0 unspecified atom stereocenters. The van der Waals surface area contributed by atoms with E-state index in [2.05, 4.69) is 39.7 Å². The Bertz CT molecular complexity index is 345. The average Bonchev–Trinajstić information content (AvgIpc) is 2.62. The Balaban J connectivity index is 2.06. The minimum absolute atomic E-state index is 1.07. The molecule has 0 spiro atoms. The van der Waals surface area contributed by atoms with Crippen LogP contribution in [0.15, 0.2) is 3.79 Å². The molecule has 1 aromatic heterocycles. The molecule has 90 valence electrons. The first kappa shape index (κ1) is 12.3. The van der Waals surface area contributed by atoms with Crippen LogP contribution in [-0.2, 0) is 6.42 Å². The molecule has 1 fully saturated rings. The number of piperazine rings is 1. The van der Waals surface area contributed by atoms with Gasteiger partial charge in [-0.15, -0.1) is 0 Å². The molecule has 0 radical (unpaired) electrons. The summed E-state index contributed by atoms with van der Waals surface area (Å²) in [5.41, 5.74) is 1.22. The zero-order chi connectivity index (χ0) is 11.5. The molecule has 0 saturated carbocycles. The van der Waals surface area contributed by atoms with E-state index in [1.54, 1.807) is 11.3 Å². The van der Waals surface area contributed by atoms with Gasteiger partial charge in [-0.25, -0.2) is 4.98 Å². The van der Waals surface area contributed by atoms with Gasteiger partial charge in [0.15, 0.2) is 5.13 Å². The highest BCUT2D eigenvalue weighted by Gasteiger charge is 2.18. The molecule has 0 bridgehead atoms. The van der Waals surface area contributed by atoms with Gasteiger partial charge in [-0.05, 0) is 29.4 Å². The molecule has 2 heterocycles. The van der Waals surface area contributed by atoms with Crippen molar-refractivity contribution in [1.29, 1.82) is 0 Å². The lowest BCUT2D eigenvalue weighted by Crippen LogP contribution is -2.44. The summed E-state index contributed by atoms with van der Waals surface area (Å²) in [7, 11) is 2.18. The number of hydrogen-bond donors (Lipinski definition) is 0. The molecule has 3 nitrogen and oxygen atoms in total. The Labute approximate surface area is 110 Å². The third-order valence-corrected chi connectivity index (χ3v) is 4.79. The van der Waals surface area contributed by atoms with Crippen LogP contribution in [0.3, 0.4) is 0 Å². The van der Waals surface area contributed by atoms with Crippen molar-refractivity contribution >= 4 is 32.4 Å². The number of rotatable bonds is 3. The number of halogens is 1. The molecule has 1 aliphatic rings. The molecular formula is C11H18BrN3S. The number of thiazole rings is 1. The van der Waals surface area contributed by atoms with Crippen LogP contribution >= 0.6 is 27.3 Å². The predicted molar refractivity (Wildman–Crippen MR) is 73.5 cm³/mol. The van der Waals surface area contributed by atoms with E-state index in [0.717, 1.165) is 39.0 Å². The molecule has 1 aliphatic heterocycles. The van der Waals surface area contributed by atoms with Gasteiger partial charge in [0.25, 0.3) is 0 Å². The van der Waals surface area contributed by atoms with Crippen molar-refractivity contribution in [2.45, 2.75) is 19.8 Å². The molecule has 1 aromatic rings. The zero-order valence-electron chi connectivity index (χ0n) is 9.87. The van der Waals surface area contributed by atoms with Crippen LogP contribution in [-0.4, -0.2) is 43.1 Å². The molecule has 16 heavy (non-hydrogen) atoms. The number of aryl methyl sites for hydroxylation is 1. The highest BCUT2D eigenvalue weighted by molar-refractivity contribution is 9.11. The number of anilines is 1. The number of hydrogen-bond acceptors (Lipinski definition) is 4. The second-order valence-electron chi connectivity index (χ2n) is 4.26. The minimum atomic E-state index is 1.07. The minimum Gasteiger partial charge on any atom is -0.345 e. The van der Waals surface area contributed by atoms with Crippen molar-refractivity contribution in [3.05, 3.63) is 9.48 Å². The maximum atomic E-state index is 4.73. The Morgan fingerprint density at radius 1 is 1.31 bits per heavy atom. The molecule has 1 saturated heterocycles.